The molecule has 0 unspecified atom stereocenters. The van der Waals surface area contributed by atoms with Gasteiger partial charge in [0.05, 0.1) is 18.4 Å². The van der Waals surface area contributed by atoms with Gasteiger partial charge in [-0.2, -0.15) is 9.57 Å². The van der Waals surface area contributed by atoms with Crippen molar-refractivity contribution in [3.8, 4) is 6.07 Å². The lowest BCUT2D eigenvalue weighted by molar-refractivity contribution is 0.179. The zero-order valence-electron chi connectivity index (χ0n) is 10.6. The Morgan fingerprint density at radius 3 is 2.68 bits per heavy atom. The Bertz CT molecular complexity index is 565. The summed E-state index contributed by atoms with van der Waals surface area (Å²) in [6.45, 7) is 2.16. The Morgan fingerprint density at radius 2 is 2.21 bits per heavy atom. The molecule has 0 aliphatic rings. The number of halogens is 1. The number of aromatic nitrogens is 1. The summed E-state index contributed by atoms with van der Waals surface area (Å²) >= 11 is 6.65. The van der Waals surface area contributed by atoms with Crippen LogP contribution in [0.4, 0.5) is 0 Å². The molecular formula is C10H14ClN3O3S2. The summed E-state index contributed by atoms with van der Waals surface area (Å²) in [5, 5.41) is 8.60. The molecule has 0 fully saturated rings. The maximum absolute atomic E-state index is 12.5. The van der Waals surface area contributed by atoms with Crippen molar-refractivity contribution in [2.24, 2.45) is 0 Å². The first-order chi connectivity index (χ1) is 8.93. The molecule has 0 atom stereocenters. The molecule has 0 aliphatic heterocycles. The fourth-order valence-electron chi connectivity index (χ4n) is 1.43. The Labute approximate surface area is 121 Å². The lowest BCUT2D eigenvalue weighted by Crippen LogP contribution is -2.34. The van der Waals surface area contributed by atoms with E-state index in [1.807, 2.05) is 6.07 Å². The van der Waals surface area contributed by atoms with Gasteiger partial charge < -0.3 is 4.74 Å². The molecule has 1 aromatic rings. The number of thiazole rings is 1. The van der Waals surface area contributed by atoms with Gasteiger partial charge >= 0.3 is 0 Å². The summed E-state index contributed by atoms with van der Waals surface area (Å²) in [7, 11) is -2.19. The Morgan fingerprint density at radius 1 is 1.53 bits per heavy atom. The second kappa shape index (κ2) is 7.17. The summed E-state index contributed by atoms with van der Waals surface area (Å²) in [4.78, 5) is 3.90. The fourth-order valence-corrected chi connectivity index (χ4v) is 4.73. The largest absolute Gasteiger partial charge is 0.383 e. The van der Waals surface area contributed by atoms with Crippen LogP contribution in [0.2, 0.25) is 4.47 Å². The van der Waals surface area contributed by atoms with E-state index in [-0.39, 0.29) is 34.8 Å². The van der Waals surface area contributed by atoms with Crippen molar-refractivity contribution >= 4 is 33.0 Å². The smallest absolute Gasteiger partial charge is 0.254 e. The van der Waals surface area contributed by atoms with Crippen molar-refractivity contribution in [3.05, 3.63) is 10.2 Å². The van der Waals surface area contributed by atoms with Gasteiger partial charge in [-0.1, -0.05) is 22.9 Å². The normalized spacial score (nSPS) is 11.7. The predicted molar refractivity (Wildman–Crippen MR) is 72.7 cm³/mol. The molecule has 0 aromatic carbocycles. The van der Waals surface area contributed by atoms with Crippen LogP contribution < -0.4 is 0 Å². The summed E-state index contributed by atoms with van der Waals surface area (Å²) < 4.78 is 31.3. The van der Waals surface area contributed by atoms with Gasteiger partial charge in [-0.15, -0.1) is 0 Å². The second-order valence-electron chi connectivity index (χ2n) is 3.64. The van der Waals surface area contributed by atoms with E-state index < -0.39 is 10.0 Å². The third-order valence-electron chi connectivity index (χ3n) is 2.32. The highest BCUT2D eigenvalue weighted by Gasteiger charge is 2.28. The number of rotatable bonds is 7. The van der Waals surface area contributed by atoms with Gasteiger partial charge in [-0.25, -0.2) is 13.4 Å². The minimum Gasteiger partial charge on any atom is -0.383 e. The SMILES string of the molecule is COCCN(CCC#N)S(=O)(=O)c1sc(Cl)nc1C. The van der Waals surface area contributed by atoms with Crippen LogP contribution in [0.5, 0.6) is 0 Å². The van der Waals surface area contributed by atoms with Crippen LogP contribution in [-0.2, 0) is 14.8 Å². The summed E-state index contributed by atoms with van der Waals surface area (Å²) in [5.41, 5.74) is 0.370. The number of nitriles is 1. The van der Waals surface area contributed by atoms with Crippen molar-refractivity contribution < 1.29 is 13.2 Å². The first-order valence-corrected chi connectivity index (χ1v) is 8.06. The van der Waals surface area contributed by atoms with Gasteiger partial charge in [0.2, 0.25) is 0 Å². The number of nitrogens with zero attached hydrogens (tertiary/aromatic N) is 3. The zero-order chi connectivity index (χ0) is 14.5. The van der Waals surface area contributed by atoms with Crippen LogP contribution in [0.1, 0.15) is 12.1 Å². The lowest BCUT2D eigenvalue weighted by atomic mass is 10.4. The predicted octanol–water partition coefficient (Wildman–Crippen LogP) is 1.66. The molecule has 1 heterocycles. The lowest BCUT2D eigenvalue weighted by Gasteiger charge is -2.19. The van der Waals surface area contributed by atoms with E-state index in [0.717, 1.165) is 11.3 Å². The van der Waals surface area contributed by atoms with E-state index in [9.17, 15) is 8.42 Å². The molecule has 0 radical (unpaired) electrons. The zero-order valence-corrected chi connectivity index (χ0v) is 13.0. The van der Waals surface area contributed by atoms with Crippen LogP contribution >= 0.6 is 22.9 Å². The minimum absolute atomic E-state index is 0.117. The van der Waals surface area contributed by atoms with E-state index in [4.69, 9.17) is 21.6 Å². The number of methoxy groups -OCH3 is 1. The van der Waals surface area contributed by atoms with Gasteiger partial charge in [0.1, 0.15) is 0 Å². The fraction of sp³-hybridized carbons (Fsp3) is 0.600. The highest BCUT2D eigenvalue weighted by Crippen LogP contribution is 2.29. The Hall–Kier alpha value is -0.720. The van der Waals surface area contributed by atoms with E-state index >= 15 is 0 Å². The number of ether oxygens (including phenoxy) is 1. The van der Waals surface area contributed by atoms with Crippen LogP contribution in [0.15, 0.2) is 4.21 Å². The first-order valence-electron chi connectivity index (χ1n) is 5.42. The molecule has 6 nitrogen and oxygen atoms in total. The van der Waals surface area contributed by atoms with Gasteiger partial charge in [-0.3, -0.25) is 0 Å². The average molecular weight is 324 g/mol. The molecule has 9 heteroatoms. The first kappa shape index (κ1) is 16.3. The van der Waals surface area contributed by atoms with E-state index in [1.54, 1.807) is 6.92 Å². The van der Waals surface area contributed by atoms with Gasteiger partial charge in [0, 0.05) is 26.6 Å². The maximum Gasteiger partial charge on any atom is 0.254 e. The highest BCUT2D eigenvalue weighted by atomic mass is 35.5. The van der Waals surface area contributed by atoms with E-state index in [2.05, 4.69) is 4.98 Å². The number of aryl methyl sites for hydroxylation is 1. The second-order valence-corrected chi connectivity index (χ2v) is 7.36. The molecular weight excluding hydrogens is 310 g/mol. The molecule has 19 heavy (non-hydrogen) atoms. The topological polar surface area (TPSA) is 83.3 Å². The third-order valence-corrected chi connectivity index (χ3v) is 6.07. The average Bonchev–Trinajstić information content (AvgIpc) is 2.69. The molecule has 0 saturated heterocycles. The number of hydrogen-bond donors (Lipinski definition) is 0. The summed E-state index contributed by atoms with van der Waals surface area (Å²) in [5.74, 6) is 0. The monoisotopic (exact) mass is 323 g/mol. The molecule has 1 rings (SSSR count). The van der Waals surface area contributed by atoms with Crippen molar-refractivity contribution in [2.45, 2.75) is 17.6 Å². The number of sulfonamides is 1. The molecule has 0 spiro atoms. The van der Waals surface area contributed by atoms with Gasteiger partial charge in [0.25, 0.3) is 10.0 Å². The Balaban J connectivity index is 3.04. The quantitative estimate of drug-likeness (QED) is 0.762. The van der Waals surface area contributed by atoms with Gasteiger partial charge in [-0.05, 0) is 6.92 Å². The molecule has 0 N–H and O–H groups in total. The summed E-state index contributed by atoms with van der Waals surface area (Å²) in [6.07, 6.45) is 0.120. The molecule has 0 amide bonds. The van der Waals surface area contributed by atoms with E-state index in [0.29, 0.717) is 5.69 Å². The molecule has 1 aromatic heterocycles. The highest BCUT2D eigenvalue weighted by molar-refractivity contribution is 7.91. The van der Waals surface area contributed by atoms with Crippen LogP contribution in [-0.4, -0.2) is 44.5 Å². The standard InChI is InChI=1S/C10H14ClN3O3S2/c1-8-9(18-10(11)13-8)19(15,16)14(5-3-4-12)6-7-17-2/h3,5-7H2,1-2H3. The minimum atomic E-state index is -3.68. The molecule has 106 valence electrons. The van der Waals surface area contributed by atoms with Crippen molar-refractivity contribution in [3.63, 3.8) is 0 Å². The third kappa shape index (κ3) is 4.12. The molecule has 0 aliphatic carbocycles. The molecule has 0 saturated carbocycles. The Kier molecular flexibility index (Phi) is 6.16. The van der Waals surface area contributed by atoms with Crippen LogP contribution in [0, 0.1) is 18.3 Å². The van der Waals surface area contributed by atoms with Crippen LogP contribution in [0.25, 0.3) is 0 Å². The van der Waals surface area contributed by atoms with Crippen LogP contribution in [0.3, 0.4) is 0 Å². The van der Waals surface area contributed by atoms with Gasteiger partial charge in [0.15, 0.2) is 8.68 Å². The maximum atomic E-state index is 12.5. The van der Waals surface area contributed by atoms with Crippen molar-refractivity contribution in [1.29, 1.82) is 5.26 Å². The number of hydrogen-bond acceptors (Lipinski definition) is 6. The van der Waals surface area contributed by atoms with Crippen molar-refractivity contribution in [1.82, 2.24) is 9.29 Å². The van der Waals surface area contributed by atoms with Crippen molar-refractivity contribution in [2.75, 3.05) is 26.8 Å². The summed E-state index contributed by atoms with van der Waals surface area (Å²) in [6, 6.07) is 1.93. The molecule has 0 bridgehead atoms. The van der Waals surface area contributed by atoms with E-state index in [1.165, 1.54) is 11.4 Å².